The summed E-state index contributed by atoms with van der Waals surface area (Å²) < 4.78 is 0. The van der Waals surface area contributed by atoms with Gasteiger partial charge in [0.25, 0.3) is 0 Å². The summed E-state index contributed by atoms with van der Waals surface area (Å²) >= 11 is 6.30. The van der Waals surface area contributed by atoms with Crippen molar-refractivity contribution in [1.29, 1.82) is 5.26 Å². The molecule has 1 saturated carbocycles. The third-order valence-electron chi connectivity index (χ3n) is 4.52. The highest BCUT2D eigenvalue weighted by Crippen LogP contribution is 2.60. The molecule has 0 unspecified atom stereocenters. The highest BCUT2D eigenvalue weighted by Gasteiger charge is 2.55. The van der Waals surface area contributed by atoms with Crippen LogP contribution in [0.3, 0.4) is 0 Å². The second-order valence-corrected chi connectivity index (χ2v) is 6.43. The Morgan fingerprint density at radius 2 is 1.74 bits per heavy atom. The van der Waals surface area contributed by atoms with Crippen molar-refractivity contribution in [3.8, 4) is 6.07 Å². The van der Waals surface area contributed by atoms with E-state index in [-0.39, 0.29) is 5.41 Å². The highest BCUT2D eigenvalue weighted by atomic mass is 35.5. The van der Waals surface area contributed by atoms with Gasteiger partial charge in [0.15, 0.2) is 0 Å². The lowest BCUT2D eigenvalue weighted by Gasteiger charge is -2.54. The fraction of sp³-hybridized carbons (Fsp3) is 0.588. The second kappa shape index (κ2) is 5.55. The SMILES string of the molecule is CCCC1(CCC)CC(C#N)(c2ccccc2Cl)C1. The molecule has 2 heteroatoms. The van der Waals surface area contributed by atoms with Gasteiger partial charge < -0.3 is 0 Å². The molecule has 2 rings (SSSR count). The zero-order chi connectivity index (χ0) is 13.9. The number of rotatable bonds is 5. The van der Waals surface area contributed by atoms with Crippen molar-refractivity contribution >= 4 is 11.6 Å². The standard InChI is InChI=1S/C17H22ClN/c1-3-9-16(10-4-2)11-17(12-16,13-19)14-7-5-6-8-15(14)18/h5-8H,3-4,9-12H2,1-2H3. The normalized spacial score (nSPS) is 19.5. The minimum Gasteiger partial charge on any atom is -0.197 e. The molecule has 1 aliphatic rings. The molecule has 0 atom stereocenters. The molecule has 19 heavy (non-hydrogen) atoms. The molecule has 0 saturated heterocycles. The molecule has 0 N–H and O–H groups in total. The van der Waals surface area contributed by atoms with Crippen LogP contribution in [0.4, 0.5) is 0 Å². The molecule has 1 fully saturated rings. The number of hydrogen-bond donors (Lipinski definition) is 0. The van der Waals surface area contributed by atoms with E-state index in [1.165, 1.54) is 25.7 Å². The lowest BCUT2D eigenvalue weighted by Crippen LogP contribution is -2.49. The van der Waals surface area contributed by atoms with Gasteiger partial charge in [-0.25, -0.2) is 0 Å². The van der Waals surface area contributed by atoms with Gasteiger partial charge in [-0.05, 0) is 42.7 Å². The van der Waals surface area contributed by atoms with E-state index in [1.807, 2.05) is 24.3 Å². The summed E-state index contributed by atoms with van der Waals surface area (Å²) in [4.78, 5) is 0. The lowest BCUT2D eigenvalue weighted by molar-refractivity contribution is 0.0358. The Balaban J connectivity index is 2.26. The largest absolute Gasteiger partial charge is 0.197 e. The van der Waals surface area contributed by atoms with Gasteiger partial charge in [-0.2, -0.15) is 5.26 Å². The van der Waals surface area contributed by atoms with Gasteiger partial charge in [-0.1, -0.05) is 56.5 Å². The first-order valence-electron chi connectivity index (χ1n) is 7.28. The topological polar surface area (TPSA) is 23.8 Å². The molecule has 0 bridgehead atoms. The molecule has 102 valence electrons. The van der Waals surface area contributed by atoms with Crippen LogP contribution >= 0.6 is 11.6 Å². The van der Waals surface area contributed by atoms with E-state index in [0.29, 0.717) is 5.41 Å². The van der Waals surface area contributed by atoms with E-state index in [1.54, 1.807) is 0 Å². The smallest absolute Gasteiger partial charge is 0.0847 e. The monoisotopic (exact) mass is 275 g/mol. The van der Waals surface area contributed by atoms with E-state index in [0.717, 1.165) is 23.4 Å². The average Bonchev–Trinajstić information content (AvgIpc) is 2.36. The van der Waals surface area contributed by atoms with Crippen LogP contribution in [0.15, 0.2) is 24.3 Å². The molecule has 1 nitrogen and oxygen atoms in total. The maximum atomic E-state index is 9.67. The highest BCUT2D eigenvalue weighted by molar-refractivity contribution is 6.31. The molecule has 1 aliphatic carbocycles. The summed E-state index contributed by atoms with van der Waals surface area (Å²) in [6, 6.07) is 10.4. The first kappa shape index (κ1) is 14.4. The van der Waals surface area contributed by atoms with Gasteiger partial charge in [-0.15, -0.1) is 0 Å². The molecule has 1 aromatic rings. The Hall–Kier alpha value is -1.00. The van der Waals surface area contributed by atoms with Crippen molar-refractivity contribution < 1.29 is 0 Å². The molecular formula is C17H22ClN. The van der Waals surface area contributed by atoms with Gasteiger partial charge in [0.1, 0.15) is 0 Å². The van der Waals surface area contributed by atoms with Crippen LogP contribution in [0.5, 0.6) is 0 Å². The first-order valence-corrected chi connectivity index (χ1v) is 7.65. The maximum Gasteiger partial charge on any atom is 0.0847 e. The Labute approximate surface area is 121 Å². The van der Waals surface area contributed by atoms with Crippen LogP contribution in [0.2, 0.25) is 5.02 Å². The molecule has 0 spiro atoms. The minimum atomic E-state index is -0.345. The Morgan fingerprint density at radius 3 is 2.21 bits per heavy atom. The van der Waals surface area contributed by atoms with E-state index in [9.17, 15) is 5.26 Å². The van der Waals surface area contributed by atoms with Gasteiger partial charge in [0.2, 0.25) is 0 Å². The van der Waals surface area contributed by atoms with E-state index in [4.69, 9.17) is 11.6 Å². The fourth-order valence-corrected chi connectivity index (χ4v) is 4.26. The molecule has 0 amide bonds. The number of nitrogens with zero attached hydrogens (tertiary/aromatic N) is 1. The molecular weight excluding hydrogens is 254 g/mol. The van der Waals surface area contributed by atoms with Gasteiger partial charge >= 0.3 is 0 Å². The van der Waals surface area contributed by atoms with E-state index < -0.39 is 0 Å². The predicted molar refractivity (Wildman–Crippen MR) is 80.2 cm³/mol. The zero-order valence-corrected chi connectivity index (χ0v) is 12.6. The second-order valence-electron chi connectivity index (χ2n) is 6.03. The number of hydrogen-bond acceptors (Lipinski definition) is 1. The number of benzene rings is 1. The Morgan fingerprint density at radius 1 is 1.16 bits per heavy atom. The molecule has 0 radical (unpaired) electrons. The summed E-state index contributed by atoms with van der Waals surface area (Å²) in [6.07, 6.45) is 6.81. The van der Waals surface area contributed by atoms with Crippen LogP contribution in [-0.2, 0) is 5.41 Å². The third kappa shape index (κ3) is 2.51. The molecule has 1 aromatic carbocycles. The number of nitriles is 1. The summed E-state index contributed by atoms with van der Waals surface area (Å²) in [5.41, 5.74) is 1.06. The summed E-state index contributed by atoms with van der Waals surface area (Å²) in [7, 11) is 0. The van der Waals surface area contributed by atoms with Gasteiger partial charge in [0, 0.05) is 5.02 Å². The Kier molecular flexibility index (Phi) is 4.21. The quantitative estimate of drug-likeness (QED) is 0.698. The summed E-state index contributed by atoms with van der Waals surface area (Å²) in [5.74, 6) is 0. The zero-order valence-electron chi connectivity index (χ0n) is 11.9. The van der Waals surface area contributed by atoms with Crippen molar-refractivity contribution in [1.82, 2.24) is 0 Å². The average molecular weight is 276 g/mol. The maximum absolute atomic E-state index is 9.67. The fourth-order valence-electron chi connectivity index (χ4n) is 3.95. The van der Waals surface area contributed by atoms with Crippen LogP contribution in [-0.4, -0.2) is 0 Å². The third-order valence-corrected chi connectivity index (χ3v) is 4.85. The van der Waals surface area contributed by atoms with Crippen molar-refractivity contribution in [2.45, 2.75) is 57.8 Å². The van der Waals surface area contributed by atoms with Crippen molar-refractivity contribution in [3.05, 3.63) is 34.9 Å². The number of halogens is 1. The van der Waals surface area contributed by atoms with Gasteiger partial charge in [0.05, 0.1) is 11.5 Å². The van der Waals surface area contributed by atoms with Crippen LogP contribution in [0.25, 0.3) is 0 Å². The van der Waals surface area contributed by atoms with Crippen LogP contribution in [0, 0.1) is 16.7 Å². The van der Waals surface area contributed by atoms with Crippen LogP contribution < -0.4 is 0 Å². The minimum absolute atomic E-state index is 0.345. The summed E-state index contributed by atoms with van der Waals surface area (Å²) in [6.45, 7) is 4.47. The van der Waals surface area contributed by atoms with Crippen molar-refractivity contribution in [3.63, 3.8) is 0 Å². The Bertz CT molecular complexity index is 472. The van der Waals surface area contributed by atoms with E-state index >= 15 is 0 Å². The van der Waals surface area contributed by atoms with Gasteiger partial charge in [-0.3, -0.25) is 0 Å². The van der Waals surface area contributed by atoms with Crippen molar-refractivity contribution in [2.75, 3.05) is 0 Å². The predicted octanol–water partition coefficient (Wildman–Crippen LogP) is 5.48. The lowest BCUT2D eigenvalue weighted by atomic mass is 9.48. The summed E-state index contributed by atoms with van der Waals surface area (Å²) in [5, 5.41) is 10.4. The first-order chi connectivity index (χ1) is 9.11. The molecule has 0 heterocycles. The van der Waals surface area contributed by atoms with E-state index in [2.05, 4.69) is 19.9 Å². The molecule has 0 aromatic heterocycles. The van der Waals surface area contributed by atoms with Crippen molar-refractivity contribution in [2.24, 2.45) is 5.41 Å². The molecule has 0 aliphatic heterocycles. The van der Waals surface area contributed by atoms with Crippen LogP contribution in [0.1, 0.15) is 57.9 Å².